The predicted octanol–water partition coefficient (Wildman–Crippen LogP) is 2.96. The van der Waals surface area contributed by atoms with Gasteiger partial charge in [-0.1, -0.05) is 31.7 Å². The first-order valence-corrected chi connectivity index (χ1v) is 12.8. The SMILES string of the molecule is C.NC(N)=NCCCNC(=O)c1cn2c3c(c(N4CC[C@@H](N)C4)c(F)cc3c1=O)Oc1cc3ccccc3cc1-2. The Morgan fingerprint density at radius 1 is 1.18 bits per heavy atom. The van der Waals surface area contributed by atoms with E-state index in [0.29, 0.717) is 49.4 Å². The van der Waals surface area contributed by atoms with E-state index in [2.05, 4.69) is 10.3 Å². The van der Waals surface area contributed by atoms with Crippen molar-refractivity contribution >= 4 is 39.2 Å². The van der Waals surface area contributed by atoms with Gasteiger partial charge in [0.25, 0.3) is 5.91 Å². The number of rotatable bonds is 6. The van der Waals surface area contributed by atoms with E-state index in [1.165, 1.54) is 12.3 Å². The molecule has 0 bridgehead atoms. The lowest BCUT2D eigenvalue weighted by Gasteiger charge is -2.29. The maximum Gasteiger partial charge on any atom is 0.256 e. The Morgan fingerprint density at radius 2 is 1.93 bits per heavy atom. The van der Waals surface area contributed by atoms with Gasteiger partial charge < -0.3 is 36.7 Å². The molecule has 10 nitrogen and oxygen atoms in total. The van der Waals surface area contributed by atoms with Crippen molar-refractivity contribution in [2.45, 2.75) is 26.3 Å². The van der Waals surface area contributed by atoms with Crippen molar-refractivity contribution in [2.24, 2.45) is 22.2 Å². The summed E-state index contributed by atoms with van der Waals surface area (Å²) >= 11 is 0. The fraction of sp³-hybridized carbons (Fsp3) is 0.276. The first kappa shape index (κ1) is 26.9. The van der Waals surface area contributed by atoms with Crippen molar-refractivity contribution in [3.05, 3.63) is 70.3 Å². The number of aliphatic imine (C=N–C) groups is 1. The molecule has 0 radical (unpaired) electrons. The van der Waals surface area contributed by atoms with Crippen LogP contribution in [0.3, 0.4) is 0 Å². The highest BCUT2D eigenvalue weighted by molar-refractivity contribution is 6.02. The third-order valence-corrected chi connectivity index (χ3v) is 7.17. The van der Waals surface area contributed by atoms with Gasteiger partial charge in [-0.3, -0.25) is 14.6 Å². The molecule has 11 heteroatoms. The number of pyridine rings is 1. The van der Waals surface area contributed by atoms with Crippen LogP contribution in [0.5, 0.6) is 11.5 Å². The zero-order chi connectivity index (χ0) is 27.3. The number of fused-ring (bicyclic) bond motifs is 3. The quantitative estimate of drug-likeness (QED) is 0.145. The molecular formula is C29H32FN7O3. The zero-order valence-electron chi connectivity index (χ0n) is 21.1. The molecule has 208 valence electrons. The number of amides is 1. The standard InChI is InChI=1S/C28H28FN7O3.CH4/c29-20-12-18-23-26(24(20)35-9-6-17(30)13-35)39-22-11-16-5-2-1-4-15(16)10-21(22)36(23)14-19(25(18)37)27(38)33-7-3-8-34-28(31)32;/h1-2,4-5,10-12,14,17H,3,6-9,13,30H2,(H,33,38)(H4,31,32,34);1H4/t17-;/m1./s1. The second-order valence-electron chi connectivity index (χ2n) is 9.85. The van der Waals surface area contributed by atoms with Crippen LogP contribution in [0.4, 0.5) is 10.1 Å². The molecule has 40 heavy (non-hydrogen) atoms. The summed E-state index contributed by atoms with van der Waals surface area (Å²) in [7, 11) is 0. The number of nitrogens with one attached hydrogen (secondary N) is 1. The van der Waals surface area contributed by atoms with Crippen LogP contribution in [0.2, 0.25) is 0 Å². The first-order valence-electron chi connectivity index (χ1n) is 12.8. The third kappa shape index (κ3) is 4.58. The Labute approximate surface area is 230 Å². The van der Waals surface area contributed by atoms with E-state index in [4.69, 9.17) is 21.9 Å². The summed E-state index contributed by atoms with van der Waals surface area (Å²) in [6, 6.07) is 12.7. The number of halogens is 1. The highest BCUT2D eigenvalue weighted by Crippen LogP contribution is 2.48. The number of anilines is 1. The Balaban J connectivity index is 0.00000323. The molecule has 1 aromatic heterocycles. The van der Waals surface area contributed by atoms with Gasteiger partial charge in [-0.2, -0.15) is 0 Å². The highest BCUT2D eigenvalue weighted by atomic mass is 19.1. The molecule has 1 amide bonds. The second-order valence-corrected chi connectivity index (χ2v) is 9.85. The number of ether oxygens (including phenoxy) is 1. The Morgan fingerprint density at radius 3 is 2.62 bits per heavy atom. The van der Waals surface area contributed by atoms with Crippen LogP contribution in [0.1, 0.15) is 30.6 Å². The number of guanidine groups is 1. The minimum absolute atomic E-state index is 0. The lowest BCUT2D eigenvalue weighted by molar-refractivity contribution is 0.0952. The maximum atomic E-state index is 15.8. The third-order valence-electron chi connectivity index (χ3n) is 7.17. The summed E-state index contributed by atoms with van der Waals surface area (Å²) in [6.07, 6.45) is 2.70. The smallest absolute Gasteiger partial charge is 0.256 e. The Kier molecular flexibility index (Phi) is 7.07. The average Bonchev–Trinajstić information content (AvgIpc) is 3.33. The number of hydrogen-bond acceptors (Lipinski definition) is 6. The first-order chi connectivity index (χ1) is 18.8. The van der Waals surface area contributed by atoms with E-state index in [-0.39, 0.29) is 48.4 Å². The van der Waals surface area contributed by atoms with E-state index in [1.54, 1.807) is 4.57 Å². The number of hydrogen-bond donors (Lipinski definition) is 4. The molecule has 6 rings (SSSR count). The lowest BCUT2D eigenvalue weighted by atomic mass is 10.0. The second kappa shape index (κ2) is 10.5. The minimum Gasteiger partial charge on any atom is -0.451 e. The van der Waals surface area contributed by atoms with Gasteiger partial charge in [0, 0.05) is 38.4 Å². The van der Waals surface area contributed by atoms with Gasteiger partial charge in [-0.25, -0.2) is 4.39 Å². The van der Waals surface area contributed by atoms with Crippen molar-refractivity contribution in [1.82, 2.24) is 9.88 Å². The summed E-state index contributed by atoms with van der Waals surface area (Å²) < 4.78 is 23.9. The van der Waals surface area contributed by atoms with Gasteiger partial charge in [-0.05, 0) is 41.8 Å². The monoisotopic (exact) mass is 545 g/mol. The fourth-order valence-corrected chi connectivity index (χ4v) is 5.32. The number of nitrogens with two attached hydrogens (primary N) is 3. The summed E-state index contributed by atoms with van der Waals surface area (Å²) in [6.45, 7) is 1.62. The summed E-state index contributed by atoms with van der Waals surface area (Å²) in [5.74, 6) is -0.474. The molecule has 3 heterocycles. The van der Waals surface area contributed by atoms with Crippen molar-refractivity contribution in [3.8, 4) is 17.2 Å². The van der Waals surface area contributed by atoms with Crippen LogP contribution in [0, 0.1) is 5.82 Å². The lowest BCUT2D eigenvalue weighted by Crippen LogP contribution is -2.32. The molecule has 0 aliphatic carbocycles. The minimum atomic E-state index is -0.603. The molecule has 0 saturated carbocycles. The van der Waals surface area contributed by atoms with Crippen LogP contribution in [-0.2, 0) is 0 Å². The molecule has 1 saturated heterocycles. The number of nitrogens with zero attached hydrogens (tertiary/aromatic N) is 3. The largest absolute Gasteiger partial charge is 0.451 e. The number of aromatic nitrogens is 1. The van der Waals surface area contributed by atoms with E-state index in [9.17, 15) is 9.59 Å². The van der Waals surface area contributed by atoms with Gasteiger partial charge in [0.2, 0.25) is 5.43 Å². The summed E-state index contributed by atoms with van der Waals surface area (Å²) in [4.78, 5) is 32.5. The normalized spacial score (nSPS) is 15.3. The van der Waals surface area contributed by atoms with Crippen molar-refractivity contribution in [2.75, 3.05) is 31.1 Å². The van der Waals surface area contributed by atoms with Gasteiger partial charge in [0.15, 0.2) is 23.3 Å². The van der Waals surface area contributed by atoms with Crippen LogP contribution in [0.15, 0.2) is 58.4 Å². The number of carbonyl (C=O) groups is 1. The van der Waals surface area contributed by atoms with Gasteiger partial charge in [0.05, 0.1) is 11.1 Å². The Bertz CT molecular complexity index is 1730. The molecule has 2 aliphatic heterocycles. The maximum absolute atomic E-state index is 15.8. The van der Waals surface area contributed by atoms with E-state index in [1.807, 2.05) is 41.3 Å². The highest BCUT2D eigenvalue weighted by Gasteiger charge is 2.32. The average molecular weight is 546 g/mol. The van der Waals surface area contributed by atoms with Gasteiger partial charge >= 0.3 is 0 Å². The molecule has 1 fully saturated rings. The fourth-order valence-electron chi connectivity index (χ4n) is 5.32. The molecule has 2 aliphatic rings. The number of benzene rings is 3. The summed E-state index contributed by atoms with van der Waals surface area (Å²) in [5.41, 5.74) is 17.4. The Hall–Kier alpha value is -4.64. The van der Waals surface area contributed by atoms with Crippen LogP contribution >= 0.6 is 0 Å². The molecule has 0 unspecified atom stereocenters. The molecule has 3 aromatic carbocycles. The molecule has 4 aromatic rings. The van der Waals surface area contributed by atoms with Crippen molar-refractivity contribution in [1.29, 1.82) is 0 Å². The zero-order valence-corrected chi connectivity index (χ0v) is 21.1. The van der Waals surface area contributed by atoms with Gasteiger partial charge in [0.1, 0.15) is 16.8 Å². The van der Waals surface area contributed by atoms with Crippen LogP contribution in [-0.4, -0.2) is 48.7 Å². The van der Waals surface area contributed by atoms with Gasteiger partial charge in [-0.15, -0.1) is 0 Å². The molecular weight excluding hydrogens is 513 g/mol. The topological polar surface area (TPSA) is 154 Å². The van der Waals surface area contributed by atoms with E-state index >= 15 is 4.39 Å². The molecule has 7 N–H and O–H groups in total. The van der Waals surface area contributed by atoms with Crippen molar-refractivity contribution in [3.63, 3.8) is 0 Å². The van der Waals surface area contributed by atoms with E-state index < -0.39 is 17.2 Å². The predicted molar refractivity (Wildman–Crippen MR) is 156 cm³/mol. The summed E-state index contributed by atoms with van der Waals surface area (Å²) in [5, 5.41) is 4.69. The molecule has 0 spiro atoms. The van der Waals surface area contributed by atoms with Crippen LogP contribution < -0.4 is 37.6 Å². The van der Waals surface area contributed by atoms with Crippen molar-refractivity contribution < 1.29 is 13.9 Å². The van der Waals surface area contributed by atoms with E-state index in [0.717, 1.165) is 10.8 Å². The van der Waals surface area contributed by atoms with Crippen LogP contribution in [0.25, 0.3) is 27.4 Å². The number of carbonyl (C=O) groups excluding carboxylic acids is 1. The molecule has 1 atom stereocenters.